The van der Waals surface area contributed by atoms with Crippen LogP contribution in [-0.4, -0.2) is 21.0 Å². The van der Waals surface area contributed by atoms with Gasteiger partial charge in [0.1, 0.15) is 23.7 Å². The van der Waals surface area contributed by atoms with Crippen LogP contribution in [0.4, 0.5) is 14.7 Å². The summed E-state index contributed by atoms with van der Waals surface area (Å²) in [4.78, 5) is 20.7. The largest absolute Gasteiger partial charge is 0.337 e. The van der Waals surface area contributed by atoms with Gasteiger partial charge in [-0.25, -0.2) is 18.7 Å². The van der Waals surface area contributed by atoms with Crippen LogP contribution in [0.2, 0.25) is 0 Å². The zero-order valence-corrected chi connectivity index (χ0v) is 15.9. The standard InChI is InChI=1S/C22H16F2N4O2/c1-13-3-2-4-15(9-13)21-20(18-7-8-25-12-26-18)22(30-28-21)27-19(29)10-14-5-6-16(23)11-17(14)24/h2-9,11-12H,10H2,1H3,(H,27,29). The Morgan fingerprint density at radius 3 is 2.73 bits per heavy atom. The Hall–Kier alpha value is -3.94. The molecular weight excluding hydrogens is 390 g/mol. The highest BCUT2D eigenvalue weighted by Gasteiger charge is 2.22. The van der Waals surface area contributed by atoms with E-state index in [0.29, 0.717) is 17.0 Å². The van der Waals surface area contributed by atoms with Crippen LogP contribution in [-0.2, 0) is 11.2 Å². The average Bonchev–Trinajstić information content (AvgIpc) is 3.14. The lowest BCUT2D eigenvalue weighted by molar-refractivity contribution is -0.115. The molecule has 2 aromatic carbocycles. The van der Waals surface area contributed by atoms with Crippen molar-refractivity contribution >= 4 is 11.8 Å². The van der Waals surface area contributed by atoms with Crippen molar-refractivity contribution < 1.29 is 18.1 Å². The summed E-state index contributed by atoms with van der Waals surface area (Å²) < 4.78 is 32.4. The van der Waals surface area contributed by atoms with Crippen LogP contribution in [0.5, 0.6) is 0 Å². The molecule has 2 aromatic heterocycles. The zero-order chi connectivity index (χ0) is 21.1. The number of halogens is 2. The molecule has 4 rings (SSSR count). The fraction of sp³-hybridized carbons (Fsp3) is 0.0909. The maximum absolute atomic E-state index is 13.9. The first-order chi connectivity index (χ1) is 14.5. The molecule has 2 heterocycles. The van der Waals surface area contributed by atoms with Crippen molar-refractivity contribution in [3.8, 4) is 22.5 Å². The Morgan fingerprint density at radius 1 is 1.13 bits per heavy atom. The van der Waals surface area contributed by atoms with Gasteiger partial charge >= 0.3 is 0 Å². The molecule has 0 saturated heterocycles. The number of carbonyl (C=O) groups is 1. The van der Waals surface area contributed by atoms with Gasteiger partial charge in [0.15, 0.2) is 0 Å². The number of amides is 1. The summed E-state index contributed by atoms with van der Waals surface area (Å²) in [6.07, 6.45) is 2.65. The number of carbonyl (C=O) groups excluding carboxylic acids is 1. The predicted octanol–water partition coefficient (Wildman–Crippen LogP) is 4.57. The Bertz CT molecular complexity index is 1210. The molecule has 6 nitrogen and oxygen atoms in total. The number of benzene rings is 2. The number of nitrogens with one attached hydrogen (secondary N) is 1. The van der Waals surface area contributed by atoms with E-state index in [1.807, 2.05) is 31.2 Å². The second kappa shape index (κ2) is 8.20. The third-order valence-corrected chi connectivity index (χ3v) is 4.44. The smallest absolute Gasteiger partial charge is 0.241 e. The molecule has 0 aliphatic carbocycles. The van der Waals surface area contributed by atoms with Crippen LogP contribution < -0.4 is 5.32 Å². The van der Waals surface area contributed by atoms with Gasteiger partial charge in [-0.1, -0.05) is 35.0 Å². The first-order valence-corrected chi connectivity index (χ1v) is 9.08. The van der Waals surface area contributed by atoms with Crippen LogP contribution in [0.1, 0.15) is 11.1 Å². The van der Waals surface area contributed by atoms with Crippen LogP contribution in [0.3, 0.4) is 0 Å². The van der Waals surface area contributed by atoms with E-state index in [2.05, 4.69) is 20.4 Å². The molecule has 8 heteroatoms. The summed E-state index contributed by atoms with van der Waals surface area (Å²) in [6.45, 7) is 1.95. The molecule has 0 bridgehead atoms. The lowest BCUT2D eigenvalue weighted by atomic mass is 10.0. The molecule has 150 valence electrons. The van der Waals surface area contributed by atoms with E-state index in [1.165, 1.54) is 12.4 Å². The molecule has 4 aromatic rings. The maximum atomic E-state index is 13.9. The minimum absolute atomic E-state index is 0.0657. The predicted molar refractivity (Wildman–Crippen MR) is 106 cm³/mol. The second-order valence-corrected chi connectivity index (χ2v) is 6.66. The van der Waals surface area contributed by atoms with Gasteiger partial charge in [-0.3, -0.25) is 10.1 Å². The summed E-state index contributed by atoms with van der Waals surface area (Å²) in [5.74, 6) is -1.96. The number of aromatic nitrogens is 3. The van der Waals surface area contributed by atoms with Gasteiger partial charge in [0.05, 0.1) is 17.7 Å². The molecule has 0 aliphatic heterocycles. The molecule has 1 amide bonds. The minimum Gasteiger partial charge on any atom is -0.337 e. The Kier molecular flexibility index (Phi) is 5.30. The lowest BCUT2D eigenvalue weighted by Gasteiger charge is -2.07. The Balaban J connectivity index is 1.69. The fourth-order valence-corrected chi connectivity index (χ4v) is 3.05. The summed E-state index contributed by atoms with van der Waals surface area (Å²) >= 11 is 0. The minimum atomic E-state index is -0.792. The molecule has 0 spiro atoms. The molecular formula is C22H16F2N4O2. The highest BCUT2D eigenvalue weighted by Crippen LogP contribution is 2.36. The van der Waals surface area contributed by atoms with Gasteiger partial charge in [-0.2, -0.15) is 0 Å². The van der Waals surface area contributed by atoms with Crippen LogP contribution in [0.15, 0.2) is 65.6 Å². The summed E-state index contributed by atoms with van der Waals surface area (Å²) in [6, 6.07) is 12.4. The molecule has 0 fully saturated rings. The van der Waals surface area contributed by atoms with E-state index in [1.54, 1.807) is 12.3 Å². The van der Waals surface area contributed by atoms with Gasteiger partial charge in [0.2, 0.25) is 11.8 Å². The summed E-state index contributed by atoms with van der Waals surface area (Å²) in [7, 11) is 0. The molecule has 30 heavy (non-hydrogen) atoms. The highest BCUT2D eigenvalue weighted by atomic mass is 19.1. The lowest BCUT2D eigenvalue weighted by Crippen LogP contribution is -2.15. The molecule has 0 radical (unpaired) electrons. The quantitative estimate of drug-likeness (QED) is 0.525. The van der Waals surface area contributed by atoms with E-state index in [0.717, 1.165) is 23.3 Å². The normalized spacial score (nSPS) is 10.8. The van der Waals surface area contributed by atoms with E-state index >= 15 is 0 Å². The van der Waals surface area contributed by atoms with Gasteiger partial charge in [-0.05, 0) is 30.7 Å². The second-order valence-electron chi connectivity index (χ2n) is 6.66. The van der Waals surface area contributed by atoms with Gasteiger partial charge in [0, 0.05) is 17.8 Å². The number of hydrogen-bond acceptors (Lipinski definition) is 5. The summed E-state index contributed by atoms with van der Waals surface area (Å²) in [5.41, 5.74) is 3.37. The molecule has 0 saturated carbocycles. The first kappa shape index (κ1) is 19.4. The van der Waals surface area contributed by atoms with Crippen molar-refractivity contribution in [1.29, 1.82) is 0 Å². The Labute approximate surface area is 170 Å². The van der Waals surface area contributed by atoms with Crippen molar-refractivity contribution in [1.82, 2.24) is 15.1 Å². The van der Waals surface area contributed by atoms with E-state index in [4.69, 9.17) is 4.52 Å². The molecule has 0 atom stereocenters. The van der Waals surface area contributed by atoms with Crippen LogP contribution in [0.25, 0.3) is 22.5 Å². The zero-order valence-electron chi connectivity index (χ0n) is 15.9. The SMILES string of the molecule is Cc1cccc(-c2noc(NC(=O)Cc3ccc(F)cc3F)c2-c2ccncn2)c1. The van der Waals surface area contributed by atoms with Crippen molar-refractivity contribution in [3.63, 3.8) is 0 Å². The number of aryl methyl sites for hydroxylation is 1. The highest BCUT2D eigenvalue weighted by molar-refractivity contribution is 5.97. The maximum Gasteiger partial charge on any atom is 0.241 e. The van der Waals surface area contributed by atoms with Crippen LogP contribution >= 0.6 is 0 Å². The van der Waals surface area contributed by atoms with Crippen molar-refractivity contribution in [3.05, 3.63) is 83.8 Å². The van der Waals surface area contributed by atoms with Crippen molar-refractivity contribution in [2.24, 2.45) is 0 Å². The van der Waals surface area contributed by atoms with Crippen molar-refractivity contribution in [2.45, 2.75) is 13.3 Å². The monoisotopic (exact) mass is 406 g/mol. The number of rotatable bonds is 5. The summed E-state index contributed by atoms with van der Waals surface area (Å²) in [5, 5.41) is 6.73. The third kappa shape index (κ3) is 4.07. The van der Waals surface area contributed by atoms with E-state index in [9.17, 15) is 13.6 Å². The number of hydrogen-bond donors (Lipinski definition) is 1. The molecule has 0 aliphatic rings. The van der Waals surface area contributed by atoms with E-state index < -0.39 is 17.5 Å². The average molecular weight is 406 g/mol. The van der Waals surface area contributed by atoms with Crippen molar-refractivity contribution in [2.75, 3.05) is 5.32 Å². The van der Waals surface area contributed by atoms with Crippen LogP contribution in [0, 0.1) is 18.6 Å². The number of anilines is 1. The topological polar surface area (TPSA) is 80.9 Å². The first-order valence-electron chi connectivity index (χ1n) is 9.08. The number of nitrogens with zero attached hydrogens (tertiary/aromatic N) is 3. The van der Waals surface area contributed by atoms with E-state index in [-0.39, 0.29) is 17.9 Å². The Morgan fingerprint density at radius 2 is 2.00 bits per heavy atom. The van der Waals surface area contributed by atoms with Gasteiger partial charge in [0.25, 0.3) is 0 Å². The molecule has 0 unspecified atom stereocenters. The van der Waals surface area contributed by atoms with Gasteiger partial charge in [-0.15, -0.1) is 0 Å². The fourth-order valence-electron chi connectivity index (χ4n) is 3.05. The third-order valence-electron chi connectivity index (χ3n) is 4.44. The molecule has 1 N–H and O–H groups in total. The van der Waals surface area contributed by atoms with Gasteiger partial charge < -0.3 is 4.52 Å².